The van der Waals surface area contributed by atoms with Gasteiger partial charge in [-0.3, -0.25) is 9.69 Å². The lowest BCUT2D eigenvalue weighted by Gasteiger charge is -2.31. The van der Waals surface area contributed by atoms with Crippen molar-refractivity contribution >= 4 is 5.91 Å². The highest BCUT2D eigenvalue weighted by Gasteiger charge is 2.47. The molecule has 5 heteroatoms. The Balaban J connectivity index is 1.73. The van der Waals surface area contributed by atoms with E-state index in [0.29, 0.717) is 18.7 Å². The first kappa shape index (κ1) is 16.8. The third-order valence-corrected chi connectivity index (χ3v) is 4.63. The van der Waals surface area contributed by atoms with Crippen molar-refractivity contribution in [3.8, 4) is 5.75 Å². The maximum Gasteiger partial charge on any atom is 0.248 e. The molecule has 1 aromatic carbocycles. The number of primary amides is 1. The predicted molar refractivity (Wildman–Crippen MR) is 85.9 cm³/mol. The zero-order valence-corrected chi connectivity index (χ0v) is 13.6. The van der Waals surface area contributed by atoms with E-state index < -0.39 is 11.5 Å². The zero-order valence-electron chi connectivity index (χ0n) is 13.6. The predicted octanol–water partition coefficient (Wildman–Crippen LogP) is 1.65. The van der Waals surface area contributed by atoms with Gasteiger partial charge in [0.05, 0.1) is 12.2 Å². The maximum absolute atomic E-state index is 11.0. The summed E-state index contributed by atoms with van der Waals surface area (Å²) in [5.74, 6) is 0.300. The third-order valence-electron chi connectivity index (χ3n) is 4.63. The molecule has 1 aromatic rings. The molecule has 1 aliphatic heterocycles. The molecule has 3 N–H and O–H groups in total. The van der Waals surface area contributed by atoms with Gasteiger partial charge in [-0.05, 0) is 37.6 Å². The molecule has 0 aliphatic carbocycles. The Bertz CT molecular complexity index is 507. The quantitative estimate of drug-likeness (QED) is 0.784. The van der Waals surface area contributed by atoms with Gasteiger partial charge in [-0.25, -0.2) is 0 Å². The fourth-order valence-electron chi connectivity index (χ4n) is 2.79. The van der Waals surface area contributed by atoms with Crippen molar-refractivity contribution in [1.29, 1.82) is 0 Å². The maximum atomic E-state index is 11.0. The van der Waals surface area contributed by atoms with Gasteiger partial charge >= 0.3 is 0 Å². The Morgan fingerprint density at radius 1 is 1.27 bits per heavy atom. The van der Waals surface area contributed by atoms with Crippen molar-refractivity contribution in [2.75, 3.05) is 26.2 Å². The number of likely N-dealkylation sites (tertiary alicyclic amines) is 1. The normalized spacial score (nSPS) is 24.4. The van der Waals surface area contributed by atoms with Gasteiger partial charge in [0, 0.05) is 30.6 Å². The molecule has 0 aromatic heterocycles. The number of nitrogens with zero attached hydrogens (tertiary/aromatic N) is 1. The number of carbonyl (C=O) groups excluding carboxylic acids is 1. The highest BCUT2D eigenvalue weighted by molar-refractivity contribution is 5.92. The Labute approximate surface area is 132 Å². The molecule has 1 atom stereocenters. The molecular weight excluding hydrogens is 280 g/mol. The van der Waals surface area contributed by atoms with Crippen LogP contribution in [0.4, 0.5) is 0 Å². The summed E-state index contributed by atoms with van der Waals surface area (Å²) in [6, 6.07) is 6.84. The Morgan fingerprint density at radius 2 is 1.91 bits per heavy atom. The fraction of sp³-hybridized carbons (Fsp3) is 0.588. The smallest absolute Gasteiger partial charge is 0.248 e. The van der Waals surface area contributed by atoms with Crippen molar-refractivity contribution < 1.29 is 14.6 Å². The summed E-state index contributed by atoms with van der Waals surface area (Å²) in [5.41, 5.74) is 4.95. The van der Waals surface area contributed by atoms with Gasteiger partial charge in [-0.15, -0.1) is 0 Å². The Kier molecular flexibility index (Phi) is 4.78. The molecule has 1 fully saturated rings. The minimum absolute atomic E-state index is 0.0849. The van der Waals surface area contributed by atoms with Crippen LogP contribution in [0.25, 0.3) is 0 Å². The summed E-state index contributed by atoms with van der Waals surface area (Å²) < 4.78 is 5.66. The van der Waals surface area contributed by atoms with E-state index in [1.165, 1.54) is 0 Å². The van der Waals surface area contributed by atoms with Crippen molar-refractivity contribution in [2.45, 2.75) is 32.8 Å². The topological polar surface area (TPSA) is 75.8 Å². The van der Waals surface area contributed by atoms with Crippen LogP contribution >= 0.6 is 0 Å². The van der Waals surface area contributed by atoms with Gasteiger partial charge in [0.1, 0.15) is 5.75 Å². The van der Waals surface area contributed by atoms with E-state index in [9.17, 15) is 9.90 Å². The summed E-state index contributed by atoms with van der Waals surface area (Å²) in [7, 11) is 0. The van der Waals surface area contributed by atoms with Gasteiger partial charge < -0.3 is 15.6 Å². The third kappa shape index (κ3) is 3.78. The number of benzene rings is 1. The number of aliphatic hydroxyl groups is 1. The van der Waals surface area contributed by atoms with Crippen LogP contribution in [-0.2, 0) is 0 Å². The summed E-state index contributed by atoms with van der Waals surface area (Å²) >= 11 is 0. The average molecular weight is 306 g/mol. The Hall–Kier alpha value is -1.59. The van der Waals surface area contributed by atoms with Gasteiger partial charge in [-0.2, -0.15) is 0 Å². The van der Waals surface area contributed by atoms with Crippen molar-refractivity contribution in [1.82, 2.24) is 4.90 Å². The van der Waals surface area contributed by atoms with Crippen LogP contribution in [0.1, 0.15) is 37.6 Å². The molecule has 122 valence electrons. The monoisotopic (exact) mass is 306 g/mol. The molecule has 0 unspecified atom stereocenters. The summed E-state index contributed by atoms with van der Waals surface area (Å²) in [5, 5.41) is 10.4. The Morgan fingerprint density at radius 3 is 2.41 bits per heavy atom. The number of ether oxygens (including phenoxy) is 1. The second-order valence-corrected chi connectivity index (χ2v) is 6.96. The lowest BCUT2D eigenvalue weighted by Crippen LogP contribution is -2.40. The SMILES string of the molecule is CC1(C)CN(CCCOc2ccc(C(N)=O)cc2)C[C@]1(C)O. The minimum Gasteiger partial charge on any atom is -0.494 e. The van der Waals surface area contributed by atoms with Crippen LogP contribution in [0.2, 0.25) is 0 Å². The molecule has 5 nitrogen and oxygen atoms in total. The van der Waals surface area contributed by atoms with Crippen molar-refractivity contribution in [3.63, 3.8) is 0 Å². The average Bonchev–Trinajstić information content (AvgIpc) is 2.63. The molecule has 1 aliphatic rings. The van der Waals surface area contributed by atoms with Gasteiger partial charge in [0.2, 0.25) is 5.91 Å². The first-order valence-electron chi connectivity index (χ1n) is 7.69. The second kappa shape index (κ2) is 6.26. The van der Waals surface area contributed by atoms with Crippen LogP contribution in [0.5, 0.6) is 5.75 Å². The van der Waals surface area contributed by atoms with Gasteiger partial charge in [-0.1, -0.05) is 13.8 Å². The second-order valence-electron chi connectivity index (χ2n) is 6.96. The van der Waals surface area contributed by atoms with Crippen LogP contribution < -0.4 is 10.5 Å². The number of hydrogen-bond acceptors (Lipinski definition) is 4. The van der Waals surface area contributed by atoms with Crippen LogP contribution in [0.3, 0.4) is 0 Å². The number of hydrogen-bond donors (Lipinski definition) is 2. The standard InChI is InChI=1S/C17H26N2O3/c1-16(2)11-19(12-17(16,3)21)9-4-10-22-14-7-5-13(6-8-14)15(18)20/h5-8,21H,4,9-12H2,1-3H3,(H2,18,20)/t17-/m0/s1. The lowest BCUT2D eigenvalue weighted by atomic mass is 9.79. The summed E-state index contributed by atoms with van der Waals surface area (Å²) in [6.45, 7) is 9.21. The van der Waals surface area contributed by atoms with Crippen molar-refractivity contribution in [2.24, 2.45) is 11.1 Å². The minimum atomic E-state index is -0.640. The first-order valence-corrected chi connectivity index (χ1v) is 7.69. The number of β-amino-alcohol motifs (C(OH)–C–C–N with tert-alkyl or cyclic N) is 1. The highest BCUT2D eigenvalue weighted by Crippen LogP contribution is 2.38. The molecule has 0 bridgehead atoms. The zero-order chi connectivity index (χ0) is 16.4. The fourth-order valence-corrected chi connectivity index (χ4v) is 2.79. The van der Waals surface area contributed by atoms with E-state index in [-0.39, 0.29) is 5.41 Å². The first-order chi connectivity index (χ1) is 10.2. The molecule has 0 saturated carbocycles. The molecule has 0 spiro atoms. The molecule has 1 amide bonds. The van der Waals surface area contributed by atoms with Crippen LogP contribution in [0, 0.1) is 5.41 Å². The van der Waals surface area contributed by atoms with E-state index in [2.05, 4.69) is 18.7 Å². The highest BCUT2D eigenvalue weighted by atomic mass is 16.5. The van der Waals surface area contributed by atoms with E-state index in [4.69, 9.17) is 10.5 Å². The number of rotatable bonds is 6. The number of carbonyl (C=O) groups is 1. The van der Waals surface area contributed by atoms with E-state index in [0.717, 1.165) is 25.3 Å². The molecule has 1 saturated heterocycles. The van der Waals surface area contributed by atoms with Crippen molar-refractivity contribution in [3.05, 3.63) is 29.8 Å². The molecule has 22 heavy (non-hydrogen) atoms. The van der Waals surface area contributed by atoms with Crippen LogP contribution in [0.15, 0.2) is 24.3 Å². The van der Waals surface area contributed by atoms with Crippen LogP contribution in [-0.4, -0.2) is 47.8 Å². The van der Waals surface area contributed by atoms with E-state index in [1.54, 1.807) is 24.3 Å². The summed E-state index contributed by atoms with van der Waals surface area (Å²) in [6.07, 6.45) is 0.893. The molecular formula is C17H26N2O3. The van der Waals surface area contributed by atoms with E-state index >= 15 is 0 Å². The molecule has 1 heterocycles. The van der Waals surface area contributed by atoms with Gasteiger partial charge in [0.25, 0.3) is 0 Å². The number of nitrogens with two attached hydrogens (primary N) is 1. The number of amides is 1. The molecule has 0 radical (unpaired) electrons. The lowest BCUT2D eigenvalue weighted by molar-refractivity contribution is -0.0110. The van der Waals surface area contributed by atoms with Gasteiger partial charge in [0.15, 0.2) is 0 Å². The largest absolute Gasteiger partial charge is 0.494 e. The van der Waals surface area contributed by atoms with E-state index in [1.807, 2.05) is 6.92 Å². The summed E-state index contributed by atoms with van der Waals surface area (Å²) in [4.78, 5) is 13.3. The molecule has 2 rings (SSSR count).